The first kappa shape index (κ1) is 9.90. The lowest BCUT2D eigenvalue weighted by Gasteiger charge is -2.23. The highest BCUT2D eigenvalue weighted by Gasteiger charge is 2.17. The average molecular weight is 213 g/mol. The number of aromatic nitrogens is 1. The molecule has 1 aromatic heterocycles. The Morgan fingerprint density at radius 1 is 1.57 bits per heavy atom. The third kappa shape index (κ3) is 2.23. The van der Waals surface area contributed by atoms with Crippen molar-refractivity contribution in [3.8, 4) is 0 Å². The molecule has 0 aliphatic carbocycles. The summed E-state index contributed by atoms with van der Waals surface area (Å²) in [7, 11) is 0. The van der Waals surface area contributed by atoms with Crippen LogP contribution in [-0.2, 0) is 4.74 Å². The number of ether oxygens (including phenoxy) is 1. The Balaban J connectivity index is 2.21. The van der Waals surface area contributed by atoms with Gasteiger partial charge in [0, 0.05) is 13.1 Å². The minimum Gasteiger partial charge on any atom is -0.369 e. The number of rotatable bonds is 1. The highest BCUT2D eigenvalue weighted by Crippen LogP contribution is 2.20. The summed E-state index contributed by atoms with van der Waals surface area (Å²) in [5.41, 5.74) is 2.04. The van der Waals surface area contributed by atoms with Gasteiger partial charge in [0.1, 0.15) is 11.3 Å². The Kier molecular flexibility index (Phi) is 3.01. The van der Waals surface area contributed by atoms with Gasteiger partial charge in [0.15, 0.2) is 0 Å². The van der Waals surface area contributed by atoms with Crippen molar-refractivity contribution >= 4 is 11.6 Å². The Labute approximate surface area is 88.4 Å². The van der Waals surface area contributed by atoms with Crippen molar-refractivity contribution in [1.29, 1.82) is 0 Å². The summed E-state index contributed by atoms with van der Waals surface area (Å²) in [6.45, 7) is 4.47. The van der Waals surface area contributed by atoms with Crippen LogP contribution in [-0.4, -0.2) is 24.7 Å². The Morgan fingerprint density at radius 2 is 2.43 bits per heavy atom. The second-order valence-corrected chi connectivity index (χ2v) is 3.84. The summed E-state index contributed by atoms with van der Waals surface area (Å²) in [6.07, 6.45) is 0.0427. The molecule has 1 saturated heterocycles. The molecule has 1 unspecified atom stereocenters. The number of pyridine rings is 1. The van der Waals surface area contributed by atoms with E-state index < -0.39 is 0 Å². The molecular formula is C10H13ClN2O. The molecule has 0 spiro atoms. The minimum absolute atomic E-state index is 0.0427. The standard InChI is InChI=1S/C10H13ClN2O/c1-7-4-8(13-10(11)5-7)9-6-12-2-3-14-9/h4-5,9,12H,2-3,6H2,1H3. The van der Waals surface area contributed by atoms with Gasteiger partial charge < -0.3 is 10.1 Å². The second-order valence-electron chi connectivity index (χ2n) is 3.46. The van der Waals surface area contributed by atoms with Crippen LogP contribution in [0.5, 0.6) is 0 Å². The predicted molar refractivity (Wildman–Crippen MR) is 55.5 cm³/mol. The van der Waals surface area contributed by atoms with Crippen molar-refractivity contribution < 1.29 is 4.74 Å². The maximum atomic E-state index is 5.88. The number of nitrogens with zero attached hydrogens (tertiary/aromatic N) is 1. The second kappa shape index (κ2) is 4.26. The van der Waals surface area contributed by atoms with Crippen LogP contribution in [0.4, 0.5) is 0 Å². The fraction of sp³-hybridized carbons (Fsp3) is 0.500. The Bertz CT molecular complexity index is 304. The first-order chi connectivity index (χ1) is 6.75. The summed E-state index contributed by atoms with van der Waals surface area (Å²) in [5, 5.41) is 3.80. The molecular weight excluding hydrogens is 200 g/mol. The summed E-state index contributed by atoms with van der Waals surface area (Å²) >= 11 is 5.88. The van der Waals surface area contributed by atoms with Gasteiger partial charge in [-0.15, -0.1) is 0 Å². The number of hydrogen-bond donors (Lipinski definition) is 1. The van der Waals surface area contributed by atoms with Crippen LogP contribution >= 0.6 is 11.6 Å². The van der Waals surface area contributed by atoms with Crippen LogP contribution in [0.2, 0.25) is 5.15 Å². The zero-order valence-electron chi connectivity index (χ0n) is 8.09. The van der Waals surface area contributed by atoms with E-state index in [9.17, 15) is 0 Å². The van der Waals surface area contributed by atoms with Crippen LogP contribution in [0.25, 0.3) is 0 Å². The maximum absolute atomic E-state index is 5.88. The van der Waals surface area contributed by atoms with Gasteiger partial charge >= 0.3 is 0 Å². The van der Waals surface area contributed by atoms with Crippen LogP contribution in [0.1, 0.15) is 17.4 Å². The van der Waals surface area contributed by atoms with Crippen molar-refractivity contribution in [1.82, 2.24) is 10.3 Å². The van der Waals surface area contributed by atoms with E-state index in [-0.39, 0.29) is 6.10 Å². The highest BCUT2D eigenvalue weighted by atomic mass is 35.5. The molecule has 1 atom stereocenters. The topological polar surface area (TPSA) is 34.2 Å². The zero-order chi connectivity index (χ0) is 9.97. The molecule has 0 bridgehead atoms. The zero-order valence-corrected chi connectivity index (χ0v) is 8.84. The van der Waals surface area contributed by atoms with Crippen molar-refractivity contribution in [2.45, 2.75) is 13.0 Å². The molecule has 0 amide bonds. The van der Waals surface area contributed by atoms with Crippen molar-refractivity contribution in [3.05, 3.63) is 28.5 Å². The van der Waals surface area contributed by atoms with Crippen molar-refractivity contribution in [3.63, 3.8) is 0 Å². The monoisotopic (exact) mass is 212 g/mol. The van der Waals surface area contributed by atoms with Gasteiger partial charge in [-0.25, -0.2) is 4.98 Å². The van der Waals surface area contributed by atoms with Crippen molar-refractivity contribution in [2.75, 3.05) is 19.7 Å². The largest absolute Gasteiger partial charge is 0.369 e. The quantitative estimate of drug-likeness (QED) is 0.720. The molecule has 2 heterocycles. The average Bonchev–Trinajstić information content (AvgIpc) is 2.18. The first-order valence-corrected chi connectivity index (χ1v) is 5.10. The normalized spacial score (nSPS) is 22.3. The number of nitrogens with one attached hydrogen (secondary N) is 1. The van der Waals surface area contributed by atoms with Crippen LogP contribution in [0, 0.1) is 6.92 Å². The van der Waals surface area contributed by atoms with Gasteiger partial charge in [-0.2, -0.15) is 0 Å². The molecule has 1 fully saturated rings. The van der Waals surface area contributed by atoms with Gasteiger partial charge in [0.25, 0.3) is 0 Å². The number of aryl methyl sites for hydroxylation is 1. The van der Waals surface area contributed by atoms with Gasteiger partial charge in [-0.3, -0.25) is 0 Å². The highest BCUT2D eigenvalue weighted by molar-refractivity contribution is 6.29. The molecule has 3 nitrogen and oxygen atoms in total. The minimum atomic E-state index is 0.0427. The van der Waals surface area contributed by atoms with Crippen LogP contribution in [0.15, 0.2) is 12.1 Å². The summed E-state index contributed by atoms with van der Waals surface area (Å²) < 4.78 is 5.59. The van der Waals surface area contributed by atoms with E-state index in [0.717, 1.165) is 31.0 Å². The van der Waals surface area contributed by atoms with Gasteiger partial charge in [0.2, 0.25) is 0 Å². The lowest BCUT2D eigenvalue weighted by Crippen LogP contribution is -2.33. The van der Waals surface area contributed by atoms with E-state index in [0.29, 0.717) is 5.15 Å². The van der Waals surface area contributed by atoms with E-state index in [4.69, 9.17) is 16.3 Å². The molecule has 14 heavy (non-hydrogen) atoms. The Morgan fingerprint density at radius 3 is 3.07 bits per heavy atom. The molecule has 1 aromatic rings. The SMILES string of the molecule is Cc1cc(Cl)nc(C2CNCCO2)c1. The molecule has 0 aromatic carbocycles. The third-order valence-electron chi connectivity index (χ3n) is 2.22. The molecule has 1 aliphatic rings. The predicted octanol–water partition coefficient (Wildman–Crippen LogP) is 1.70. The summed E-state index contributed by atoms with van der Waals surface area (Å²) in [6, 6.07) is 3.87. The lowest BCUT2D eigenvalue weighted by atomic mass is 10.1. The van der Waals surface area contributed by atoms with E-state index in [1.165, 1.54) is 0 Å². The molecule has 1 aliphatic heterocycles. The Hall–Kier alpha value is -0.640. The summed E-state index contributed by atoms with van der Waals surface area (Å²) in [4.78, 5) is 4.26. The van der Waals surface area contributed by atoms with E-state index in [1.807, 2.05) is 19.1 Å². The smallest absolute Gasteiger partial charge is 0.129 e. The lowest BCUT2D eigenvalue weighted by molar-refractivity contribution is 0.0250. The van der Waals surface area contributed by atoms with E-state index in [1.54, 1.807) is 0 Å². The van der Waals surface area contributed by atoms with Crippen LogP contribution in [0.3, 0.4) is 0 Å². The van der Waals surface area contributed by atoms with Crippen LogP contribution < -0.4 is 5.32 Å². The fourth-order valence-electron chi connectivity index (χ4n) is 1.57. The number of morpholine rings is 1. The molecule has 76 valence electrons. The van der Waals surface area contributed by atoms with Gasteiger partial charge in [0.05, 0.1) is 12.3 Å². The maximum Gasteiger partial charge on any atom is 0.129 e. The molecule has 1 N–H and O–H groups in total. The fourth-order valence-corrected chi connectivity index (χ4v) is 1.84. The van der Waals surface area contributed by atoms with Gasteiger partial charge in [-0.1, -0.05) is 11.6 Å². The molecule has 2 rings (SSSR count). The molecule has 4 heteroatoms. The number of hydrogen-bond acceptors (Lipinski definition) is 3. The van der Waals surface area contributed by atoms with E-state index >= 15 is 0 Å². The van der Waals surface area contributed by atoms with Gasteiger partial charge in [-0.05, 0) is 24.6 Å². The van der Waals surface area contributed by atoms with E-state index in [2.05, 4.69) is 10.3 Å². The number of halogens is 1. The summed E-state index contributed by atoms with van der Waals surface area (Å²) in [5.74, 6) is 0. The molecule has 0 radical (unpaired) electrons. The third-order valence-corrected chi connectivity index (χ3v) is 2.41. The first-order valence-electron chi connectivity index (χ1n) is 4.72. The van der Waals surface area contributed by atoms with Crippen molar-refractivity contribution in [2.24, 2.45) is 0 Å². The molecule has 0 saturated carbocycles.